The van der Waals surface area contributed by atoms with Gasteiger partial charge in [0.25, 0.3) is 0 Å². The lowest BCUT2D eigenvalue weighted by atomic mass is 9.94. The topological polar surface area (TPSA) is 25.2 Å². The van der Waals surface area contributed by atoms with Crippen LogP contribution in [0.15, 0.2) is 28.7 Å². The summed E-state index contributed by atoms with van der Waals surface area (Å²) in [5.74, 6) is 1.87. The first-order valence-electron chi connectivity index (χ1n) is 7.82. The summed E-state index contributed by atoms with van der Waals surface area (Å²) in [6.07, 6.45) is 2.26. The highest BCUT2D eigenvalue weighted by Crippen LogP contribution is 2.58. The van der Waals surface area contributed by atoms with E-state index < -0.39 is 0 Å². The molecule has 0 saturated heterocycles. The monoisotopic (exact) mass is 271 g/mol. The Bertz CT molecular complexity index is 611. The normalized spacial score (nSPS) is 22.1. The molecule has 2 aromatic rings. The first-order valence-corrected chi connectivity index (χ1v) is 7.82. The number of hydrogen-bond acceptors (Lipinski definition) is 2. The van der Waals surface area contributed by atoms with Crippen LogP contribution in [0, 0.1) is 11.3 Å². The van der Waals surface area contributed by atoms with E-state index in [2.05, 4.69) is 57.3 Å². The van der Waals surface area contributed by atoms with Gasteiger partial charge in [-0.15, -0.1) is 0 Å². The largest absolute Gasteiger partial charge is 0.461 e. The van der Waals surface area contributed by atoms with Gasteiger partial charge in [0.15, 0.2) is 0 Å². The van der Waals surface area contributed by atoms with Gasteiger partial charge in [-0.3, -0.25) is 0 Å². The van der Waals surface area contributed by atoms with Gasteiger partial charge in [-0.05, 0) is 30.4 Å². The minimum atomic E-state index is 0.425. The molecule has 2 atom stereocenters. The highest BCUT2D eigenvalue weighted by atomic mass is 16.3. The van der Waals surface area contributed by atoms with Gasteiger partial charge in [0.2, 0.25) is 0 Å². The van der Waals surface area contributed by atoms with E-state index in [9.17, 15) is 0 Å². The van der Waals surface area contributed by atoms with Crippen LogP contribution in [0.1, 0.15) is 51.5 Å². The lowest BCUT2D eigenvalue weighted by Gasteiger charge is -2.20. The van der Waals surface area contributed by atoms with Crippen LogP contribution in [0.5, 0.6) is 0 Å². The Balaban J connectivity index is 2.10. The molecule has 0 amide bonds. The summed E-state index contributed by atoms with van der Waals surface area (Å²) in [4.78, 5) is 0. The zero-order valence-electron chi connectivity index (χ0n) is 13.0. The summed E-state index contributed by atoms with van der Waals surface area (Å²) >= 11 is 0. The van der Waals surface area contributed by atoms with Crippen molar-refractivity contribution in [2.75, 3.05) is 6.54 Å². The molecule has 20 heavy (non-hydrogen) atoms. The fraction of sp³-hybridized carbons (Fsp3) is 0.556. The van der Waals surface area contributed by atoms with Crippen molar-refractivity contribution in [2.45, 2.75) is 46.6 Å². The number of hydrogen-bond donors (Lipinski definition) is 1. The minimum absolute atomic E-state index is 0.425. The molecule has 2 heteroatoms. The van der Waals surface area contributed by atoms with E-state index in [1.165, 1.54) is 17.4 Å². The summed E-state index contributed by atoms with van der Waals surface area (Å²) in [7, 11) is 0. The quantitative estimate of drug-likeness (QED) is 0.853. The molecule has 3 rings (SSSR count). The smallest absolute Gasteiger partial charge is 0.134 e. The Hall–Kier alpha value is -1.28. The van der Waals surface area contributed by atoms with E-state index >= 15 is 0 Å². The average molecular weight is 271 g/mol. The molecule has 0 spiro atoms. The molecule has 0 bridgehead atoms. The van der Waals surface area contributed by atoms with Gasteiger partial charge in [-0.25, -0.2) is 0 Å². The number of furan rings is 1. The zero-order valence-corrected chi connectivity index (χ0v) is 13.0. The standard InChI is InChI=1S/C18H25NO/c1-5-14-16(12-9-7-8-10-15(12)20-14)17(19-6-2)13-11-18(13,3)4/h7-10,13,17,19H,5-6,11H2,1-4H3. The molecule has 1 fully saturated rings. The van der Waals surface area contributed by atoms with Crippen LogP contribution in [-0.2, 0) is 6.42 Å². The maximum Gasteiger partial charge on any atom is 0.134 e. The Labute approximate surface area is 121 Å². The number of rotatable bonds is 5. The van der Waals surface area contributed by atoms with Crippen LogP contribution in [-0.4, -0.2) is 6.54 Å². The van der Waals surface area contributed by atoms with E-state index in [1.54, 1.807) is 0 Å². The fourth-order valence-electron chi connectivity index (χ4n) is 3.46. The maximum atomic E-state index is 6.08. The van der Waals surface area contributed by atoms with Crippen LogP contribution in [0.4, 0.5) is 0 Å². The van der Waals surface area contributed by atoms with Crippen LogP contribution in [0.2, 0.25) is 0 Å². The van der Waals surface area contributed by atoms with E-state index in [-0.39, 0.29) is 0 Å². The second-order valence-corrected chi connectivity index (χ2v) is 6.62. The molecule has 1 saturated carbocycles. The minimum Gasteiger partial charge on any atom is -0.461 e. The molecule has 1 aliphatic rings. The van der Waals surface area contributed by atoms with Crippen molar-refractivity contribution < 1.29 is 4.42 Å². The highest BCUT2D eigenvalue weighted by Gasteiger charge is 2.51. The third-order valence-electron chi connectivity index (χ3n) is 4.76. The van der Waals surface area contributed by atoms with Gasteiger partial charge in [0.05, 0.1) is 0 Å². The number of fused-ring (bicyclic) bond motifs is 1. The fourth-order valence-corrected chi connectivity index (χ4v) is 3.46. The van der Waals surface area contributed by atoms with Crippen molar-refractivity contribution in [1.82, 2.24) is 5.32 Å². The lowest BCUT2D eigenvalue weighted by molar-refractivity contribution is 0.415. The van der Waals surface area contributed by atoms with Crippen molar-refractivity contribution in [3.63, 3.8) is 0 Å². The number of para-hydroxylation sites is 1. The lowest BCUT2D eigenvalue weighted by Crippen LogP contribution is -2.25. The summed E-state index contributed by atoms with van der Waals surface area (Å²) < 4.78 is 6.08. The molecule has 1 aromatic heterocycles. The van der Waals surface area contributed by atoms with Crippen LogP contribution in [0.3, 0.4) is 0 Å². The summed E-state index contributed by atoms with van der Waals surface area (Å²) in [5, 5.41) is 5.00. The summed E-state index contributed by atoms with van der Waals surface area (Å²) in [5.41, 5.74) is 2.89. The van der Waals surface area contributed by atoms with Gasteiger partial charge in [-0.2, -0.15) is 0 Å². The molecule has 2 unspecified atom stereocenters. The molecule has 0 aliphatic heterocycles. The molecule has 2 nitrogen and oxygen atoms in total. The second-order valence-electron chi connectivity index (χ2n) is 6.62. The Morgan fingerprint density at radius 1 is 1.30 bits per heavy atom. The van der Waals surface area contributed by atoms with E-state index in [0.717, 1.165) is 24.3 Å². The number of aryl methyl sites for hydroxylation is 1. The molecule has 1 N–H and O–H groups in total. The van der Waals surface area contributed by atoms with E-state index in [1.807, 2.05) is 0 Å². The van der Waals surface area contributed by atoms with Crippen molar-refractivity contribution >= 4 is 11.0 Å². The molecule has 1 heterocycles. The van der Waals surface area contributed by atoms with Crippen LogP contribution in [0.25, 0.3) is 11.0 Å². The third-order valence-corrected chi connectivity index (χ3v) is 4.76. The van der Waals surface area contributed by atoms with Crippen LogP contribution >= 0.6 is 0 Å². The van der Waals surface area contributed by atoms with Gasteiger partial charge < -0.3 is 9.73 Å². The van der Waals surface area contributed by atoms with Crippen molar-refractivity contribution in [2.24, 2.45) is 11.3 Å². The first kappa shape index (κ1) is 13.7. The van der Waals surface area contributed by atoms with Crippen molar-refractivity contribution in [3.8, 4) is 0 Å². The number of benzene rings is 1. The van der Waals surface area contributed by atoms with E-state index in [0.29, 0.717) is 17.4 Å². The van der Waals surface area contributed by atoms with E-state index in [4.69, 9.17) is 4.42 Å². The van der Waals surface area contributed by atoms with Crippen molar-refractivity contribution in [1.29, 1.82) is 0 Å². The molecular formula is C18H25NO. The van der Waals surface area contributed by atoms with Crippen LogP contribution < -0.4 is 5.32 Å². The predicted molar refractivity (Wildman–Crippen MR) is 83.9 cm³/mol. The Morgan fingerprint density at radius 2 is 2.00 bits per heavy atom. The molecule has 1 aromatic carbocycles. The molecule has 108 valence electrons. The van der Waals surface area contributed by atoms with Gasteiger partial charge in [-0.1, -0.05) is 45.9 Å². The molecular weight excluding hydrogens is 246 g/mol. The van der Waals surface area contributed by atoms with Crippen molar-refractivity contribution in [3.05, 3.63) is 35.6 Å². The SMILES string of the molecule is CCNC(c1c(CC)oc2ccccc12)C1CC1(C)C. The van der Waals surface area contributed by atoms with Gasteiger partial charge in [0, 0.05) is 23.4 Å². The predicted octanol–water partition coefficient (Wildman–Crippen LogP) is 4.69. The molecule has 0 radical (unpaired) electrons. The number of nitrogens with one attached hydrogen (secondary N) is 1. The second kappa shape index (κ2) is 4.92. The first-order chi connectivity index (χ1) is 9.58. The average Bonchev–Trinajstić information content (AvgIpc) is 2.91. The third kappa shape index (κ3) is 2.16. The molecule has 1 aliphatic carbocycles. The Kier molecular flexibility index (Phi) is 3.37. The summed E-state index contributed by atoms with van der Waals surface area (Å²) in [6, 6.07) is 8.88. The summed E-state index contributed by atoms with van der Waals surface area (Å²) in [6.45, 7) is 10.1. The zero-order chi connectivity index (χ0) is 14.3. The Morgan fingerprint density at radius 3 is 2.60 bits per heavy atom. The van der Waals surface area contributed by atoms with Gasteiger partial charge in [0.1, 0.15) is 11.3 Å². The highest BCUT2D eigenvalue weighted by molar-refractivity contribution is 5.83. The maximum absolute atomic E-state index is 6.08. The van der Waals surface area contributed by atoms with Gasteiger partial charge >= 0.3 is 0 Å².